The van der Waals surface area contributed by atoms with Gasteiger partial charge in [0.2, 0.25) is 11.8 Å². The molecule has 3 heterocycles. The van der Waals surface area contributed by atoms with Crippen molar-refractivity contribution in [2.45, 2.75) is 50.9 Å². The van der Waals surface area contributed by atoms with Crippen LogP contribution in [0.15, 0.2) is 10.6 Å². The molecule has 0 aromatic rings. The maximum atomic E-state index is 12.7. The maximum Gasteiger partial charge on any atom is 0.353 e. The molecule has 28 heavy (non-hydrogen) atoms. The third-order valence-electron chi connectivity index (χ3n) is 5.96. The number of carbonyl (C=O) groups is 4. The lowest BCUT2D eigenvalue weighted by Gasteiger charge is -2.47. The van der Waals surface area contributed by atoms with Crippen LogP contribution in [0.25, 0.3) is 0 Å². The van der Waals surface area contributed by atoms with Crippen molar-refractivity contribution in [2.75, 3.05) is 13.6 Å². The second kappa shape index (κ2) is 7.87. The lowest BCUT2D eigenvalue weighted by molar-refractivity contribution is -0.160. The second-order valence-electron chi connectivity index (χ2n) is 7.97. The molecule has 3 aliphatic rings. The normalized spacial score (nSPS) is 32.8. The molecule has 3 rings (SSSR count). The van der Waals surface area contributed by atoms with Crippen LogP contribution >= 0.6 is 11.8 Å². The Labute approximate surface area is 168 Å². The molecular formula is C19H27N3O5S. The van der Waals surface area contributed by atoms with Crippen molar-refractivity contribution in [3.8, 4) is 0 Å². The Morgan fingerprint density at radius 2 is 2.07 bits per heavy atom. The van der Waals surface area contributed by atoms with Gasteiger partial charge in [-0.25, -0.2) is 4.79 Å². The lowest BCUT2D eigenvalue weighted by Crippen LogP contribution is -2.62. The summed E-state index contributed by atoms with van der Waals surface area (Å²) in [5.74, 6) is -1.89. The smallest absolute Gasteiger partial charge is 0.353 e. The lowest BCUT2D eigenvalue weighted by atomic mass is 9.73. The molecule has 0 aliphatic carbocycles. The van der Waals surface area contributed by atoms with E-state index in [1.54, 1.807) is 7.05 Å². The standard InChI is InChI=1S/C19H27N3O5S/c1-8(5-9(2)23)13-14-10(3)16(15(19(26)27)22(14)18(13)25)28-11-6-12(21-7-11)17(24)20-4/h8,10-14,21H,5-7H2,1-4H3,(H,20,24)(H,26,27)/t8-,10+,11-,12-,13+,14+/m0/s1. The van der Waals surface area contributed by atoms with Crippen molar-refractivity contribution in [3.05, 3.63) is 10.6 Å². The van der Waals surface area contributed by atoms with Gasteiger partial charge in [-0.1, -0.05) is 13.8 Å². The van der Waals surface area contributed by atoms with Gasteiger partial charge >= 0.3 is 5.97 Å². The fourth-order valence-corrected chi connectivity index (χ4v) is 6.17. The molecule has 0 radical (unpaired) electrons. The Bertz CT molecular complexity index is 752. The molecule has 9 heteroatoms. The highest BCUT2D eigenvalue weighted by molar-refractivity contribution is 8.03. The van der Waals surface area contributed by atoms with Crippen molar-refractivity contribution in [2.24, 2.45) is 17.8 Å². The van der Waals surface area contributed by atoms with E-state index in [0.717, 1.165) is 0 Å². The Kier molecular flexibility index (Phi) is 5.86. The SMILES string of the molecule is CNC(=O)[C@@H]1C[C@H](SC2=C(C(=O)O)N3C(=O)[C@H]([C@@H](C)CC(C)=O)[C@H]3[C@H]2C)CN1. The molecule has 3 aliphatic heterocycles. The van der Waals surface area contributed by atoms with Gasteiger partial charge in [0.15, 0.2) is 0 Å². The first-order valence-electron chi connectivity index (χ1n) is 9.58. The van der Waals surface area contributed by atoms with E-state index in [2.05, 4.69) is 10.6 Å². The minimum atomic E-state index is -1.10. The van der Waals surface area contributed by atoms with E-state index >= 15 is 0 Å². The molecule has 0 aromatic carbocycles. The van der Waals surface area contributed by atoms with E-state index in [1.807, 2.05) is 13.8 Å². The zero-order valence-corrected chi connectivity index (χ0v) is 17.3. The average molecular weight is 410 g/mol. The average Bonchev–Trinajstić information content (AvgIpc) is 3.16. The number of thioether (sulfide) groups is 1. The van der Waals surface area contributed by atoms with Crippen LogP contribution in [-0.2, 0) is 19.2 Å². The summed E-state index contributed by atoms with van der Waals surface area (Å²) in [5.41, 5.74) is 0.0715. The summed E-state index contributed by atoms with van der Waals surface area (Å²) in [7, 11) is 1.59. The number of fused-ring (bicyclic) bond motifs is 1. The molecule has 6 atom stereocenters. The maximum absolute atomic E-state index is 12.7. The first-order valence-corrected chi connectivity index (χ1v) is 10.5. The molecule has 2 fully saturated rings. The number of likely N-dealkylation sites (N-methyl/N-ethyl adjacent to an activating group) is 1. The molecular weight excluding hydrogens is 382 g/mol. The van der Waals surface area contributed by atoms with Crippen LogP contribution < -0.4 is 10.6 Å². The predicted molar refractivity (Wildman–Crippen MR) is 104 cm³/mol. The molecule has 0 aromatic heterocycles. The van der Waals surface area contributed by atoms with Gasteiger partial charge < -0.3 is 25.4 Å². The van der Waals surface area contributed by atoms with Gasteiger partial charge in [0.25, 0.3) is 0 Å². The topological polar surface area (TPSA) is 116 Å². The molecule has 0 spiro atoms. The van der Waals surface area contributed by atoms with Crippen LogP contribution in [0, 0.1) is 17.8 Å². The molecule has 0 bridgehead atoms. The van der Waals surface area contributed by atoms with Crippen LogP contribution in [0.1, 0.15) is 33.6 Å². The van der Waals surface area contributed by atoms with E-state index in [0.29, 0.717) is 24.3 Å². The molecule has 0 saturated carbocycles. The van der Waals surface area contributed by atoms with Crippen LogP contribution in [0.2, 0.25) is 0 Å². The van der Waals surface area contributed by atoms with E-state index in [1.165, 1.54) is 23.6 Å². The number of ketones is 1. The van der Waals surface area contributed by atoms with E-state index < -0.39 is 5.97 Å². The van der Waals surface area contributed by atoms with Crippen molar-refractivity contribution >= 4 is 35.3 Å². The fraction of sp³-hybridized carbons (Fsp3) is 0.684. The Balaban J connectivity index is 1.78. The number of nitrogens with zero attached hydrogens (tertiary/aromatic N) is 1. The third kappa shape index (κ3) is 3.45. The summed E-state index contributed by atoms with van der Waals surface area (Å²) in [4.78, 5) is 50.1. The minimum Gasteiger partial charge on any atom is -0.477 e. The third-order valence-corrected chi connectivity index (χ3v) is 7.47. The summed E-state index contributed by atoms with van der Waals surface area (Å²) in [6, 6.07) is -0.491. The summed E-state index contributed by atoms with van der Waals surface area (Å²) in [5, 5.41) is 15.6. The van der Waals surface area contributed by atoms with Gasteiger partial charge in [-0.2, -0.15) is 0 Å². The largest absolute Gasteiger partial charge is 0.477 e. The predicted octanol–water partition coefficient (Wildman–Crippen LogP) is 0.584. The van der Waals surface area contributed by atoms with Gasteiger partial charge in [0.05, 0.1) is 18.0 Å². The molecule has 2 amide bonds. The number of nitrogens with one attached hydrogen (secondary N) is 2. The number of hydrogen-bond acceptors (Lipinski definition) is 6. The summed E-state index contributed by atoms with van der Waals surface area (Å²) < 4.78 is 0. The van der Waals surface area contributed by atoms with E-state index in [-0.39, 0.29) is 58.4 Å². The molecule has 0 unspecified atom stereocenters. The van der Waals surface area contributed by atoms with Crippen LogP contribution in [-0.4, -0.2) is 64.5 Å². The number of rotatable bonds is 7. The first-order chi connectivity index (χ1) is 13.2. The Hall–Kier alpha value is -1.87. The second-order valence-corrected chi connectivity index (χ2v) is 9.31. The monoisotopic (exact) mass is 409 g/mol. The highest BCUT2D eigenvalue weighted by Crippen LogP contribution is 2.53. The number of carbonyl (C=O) groups excluding carboxylic acids is 3. The molecule has 8 nitrogen and oxygen atoms in total. The van der Waals surface area contributed by atoms with Gasteiger partial charge in [0, 0.05) is 36.1 Å². The van der Waals surface area contributed by atoms with Crippen molar-refractivity contribution in [1.29, 1.82) is 0 Å². The van der Waals surface area contributed by atoms with E-state index in [4.69, 9.17) is 0 Å². The number of carboxylic acid groups (broad SMARTS) is 1. The zero-order chi connectivity index (χ0) is 20.7. The summed E-state index contributed by atoms with van der Waals surface area (Å²) >= 11 is 1.46. The summed E-state index contributed by atoms with van der Waals surface area (Å²) in [6.07, 6.45) is 0.926. The van der Waals surface area contributed by atoms with Gasteiger partial charge in [-0.3, -0.25) is 9.59 Å². The number of Topliss-reactive ketones (excluding diaryl/α,β-unsaturated/α-hetero) is 1. The van der Waals surface area contributed by atoms with Gasteiger partial charge in [-0.05, 0) is 19.3 Å². The fourth-order valence-electron chi connectivity index (χ4n) is 4.69. The Morgan fingerprint density at radius 1 is 1.39 bits per heavy atom. The number of hydrogen-bond donors (Lipinski definition) is 3. The Morgan fingerprint density at radius 3 is 2.64 bits per heavy atom. The highest BCUT2D eigenvalue weighted by Gasteiger charge is 2.60. The van der Waals surface area contributed by atoms with Crippen molar-refractivity contribution in [1.82, 2.24) is 15.5 Å². The van der Waals surface area contributed by atoms with E-state index in [9.17, 15) is 24.3 Å². The van der Waals surface area contributed by atoms with Crippen molar-refractivity contribution in [3.63, 3.8) is 0 Å². The molecule has 2 saturated heterocycles. The number of β-lactam (4-membered cyclic amide) rings is 1. The number of amides is 2. The van der Waals surface area contributed by atoms with Crippen LogP contribution in [0.5, 0.6) is 0 Å². The highest BCUT2D eigenvalue weighted by atomic mass is 32.2. The van der Waals surface area contributed by atoms with Crippen LogP contribution in [0.4, 0.5) is 0 Å². The van der Waals surface area contributed by atoms with Crippen molar-refractivity contribution < 1.29 is 24.3 Å². The van der Waals surface area contributed by atoms with Gasteiger partial charge in [-0.15, -0.1) is 11.8 Å². The number of carboxylic acids is 1. The molecule has 154 valence electrons. The molecule has 3 N–H and O–H groups in total. The number of aliphatic carboxylic acids is 1. The minimum absolute atomic E-state index is 0.0303. The quantitative estimate of drug-likeness (QED) is 0.527. The first kappa shape index (κ1) is 20.9. The van der Waals surface area contributed by atoms with Crippen LogP contribution in [0.3, 0.4) is 0 Å². The summed E-state index contributed by atoms with van der Waals surface area (Å²) in [6.45, 7) is 5.95. The zero-order valence-electron chi connectivity index (χ0n) is 16.5. The van der Waals surface area contributed by atoms with Gasteiger partial charge in [0.1, 0.15) is 11.5 Å².